The van der Waals surface area contributed by atoms with E-state index in [9.17, 15) is 0 Å². The Morgan fingerprint density at radius 3 is 2.90 bits per heavy atom. The normalized spacial score (nSPS) is 23.4. The second kappa shape index (κ2) is 4.95. The summed E-state index contributed by atoms with van der Waals surface area (Å²) in [4.78, 5) is 4.59. The minimum absolute atomic E-state index is 0.516. The van der Waals surface area contributed by atoms with E-state index in [1.807, 2.05) is 0 Å². The van der Waals surface area contributed by atoms with Crippen molar-refractivity contribution in [3.8, 4) is 0 Å². The molecule has 2 aromatic rings. The van der Waals surface area contributed by atoms with E-state index in [1.165, 1.54) is 36.2 Å². The zero-order valence-corrected chi connectivity index (χ0v) is 12.5. The van der Waals surface area contributed by atoms with Gasteiger partial charge >= 0.3 is 0 Å². The molecule has 0 radical (unpaired) electrons. The van der Waals surface area contributed by atoms with E-state index < -0.39 is 0 Å². The summed E-state index contributed by atoms with van der Waals surface area (Å²) in [5, 5.41) is 7.95. The third-order valence-corrected chi connectivity index (χ3v) is 5.33. The molecule has 1 spiro atoms. The molecule has 110 valence electrons. The van der Waals surface area contributed by atoms with Gasteiger partial charge in [-0.2, -0.15) is 5.10 Å². The summed E-state index contributed by atoms with van der Waals surface area (Å²) < 4.78 is 2.11. The predicted octanol–water partition coefficient (Wildman–Crippen LogP) is 2.49. The van der Waals surface area contributed by atoms with Crippen molar-refractivity contribution in [2.45, 2.75) is 38.6 Å². The Morgan fingerprint density at radius 1 is 1.29 bits per heavy atom. The number of piperidine rings is 1. The smallest absolute Gasteiger partial charge is 0.138 e. The molecule has 1 aromatic heterocycles. The van der Waals surface area contributed by atoms with Crippen LogP contribution in [-0.2, 0) is 6.54 Å². The molecule has 4 rings (SSSR count). The van der Waals surface area contributed by atoms with E-state index in [0.29, 0.717) is 11.3 Å². The molecule has 1 saturated carbocycles. The highest BCUT2D eigenvalue weighted by atomic mass is 15.3. The molecule has 21 heavy (non-hydrogen) atoms. The molecule has 1 N–H and O–H groups in total. The van der Waals surface area contributed by atoms with Crippen molar-refractivity contribution in [3.05, 3.63) is 47.5 Å². The van der Waals surface area contributed by atoms with Gasteiger partial charge < -0.3 is 5.32 Å². The number of nitrogens with zero attached hydrogens (tertiary/aromatic N) is 3. The Kier molecular flexibility index (Phi) is 3.07. The van der Waals surface area contributed by atoms with Gasteiger partial charge in [-0.3, -0.25) is 0 Å². The van der Waals surface area contributed by atoms with Crippen LogP contribution in [0.4, 0.5) is 0 Å². The third-order valence-electron chi connectivity index (χ3n) is 5.33. The topological polar surface area (TPSA) is 42.7 Å². The van der Waals surface area contributed by atoms with Crippen molar-refractivity contribution in [1.82, 2.24) is 20.1 Å². The fraction of sp³-hybridized carbons (Fsp3) is 0.529. The summed E-state index contributed by atoms with van der Waals surface area (Å²) in [6, 6.07) is 8.54. The lowest BCUT2D eigenvalue weighted by Gasteiger charge is -2.23. The van der Waals surface area contributed by atoms with Crippen molar-refractivity contribution < 1.29 is 0 Å². The lowest BCUT2D eigenvalue weighted by Crippen LogP contribution is -2.29. The van der Waals surface area contributed by atoms with Crippen molar-refractivity contribution in [2.24, 2.45) is 5.41 Å². The van der Waals surface area contributed by atoms with E-state index in [4.69, 9.17) is 0 Å². The van der Waals surface area contributed by atoms with Gasteiger partial charge in [-0.1, -0.05) is 24.3 Å². The molecule has 4 heteroatoms. The first-order valence-corrected chi connectivity index (χ1v) is 7.91. The average Bonchev–Trinajstić information content (AvgIpc) is 2.98. The van der Waals surface area contributed by atoms with E-state index in [2.05, 4.69) is 51.3 Å². The number of hydrogen-bond donors (Lipinski definition) is 1. The fourth-order valence-electron chi connectivity index (χ4n) is 3.80. The molecule has 0 amide bonds. The predicted molar refractivity (Wildman–Crippen MR) is 82.2 cm³/mol. The van der Waals surface area contributed by atoms with Crippen LogP contribution in [0.15, 0.2) is 30.6 Å². The summed E-state index contributed by atoms with van der Waals surface area (Å²) in [7, 11) is 0. The number of benzene rings is 1. The van der Waals surface area contributed by atoms with Crippen LogP contribution in [0.5, 0.6) is 0 Å². The van der Waals surface area contributed by atoms with Crippen LogP contribution in [0, 0.1) is 12.3 Å². The van der Waals surface area contributed by atoms with E-state index in [-0.39, 0.29) is 0 Å². The van der Waals surface area contributed by atoms with Crippen molar-refractivity contribution in [3.63, 3.8) is 0 Å². The second-order valence-electron chi connectivity index (χ2n) is 6.57. The zero-order valence-electron chi connectivity index (χ0n) is 12.5. The average molecular weight is 282 g/mol. The molecule has 2 fully saturated rings. The van der Waals surface area contributed by atoms with Crippen molar-refractivity contribution >= 4 is 0 Å². The number of nitrogens with one attached hydrogen (secondary N) is 1. The second-order valence-corrected chi connectivity index (χ2v) is 6.57. The molecular formula is C17H22N4. The largest absolute Gasteiger partial charge is 0.317 e. The SMILES string of the molecule is Cc1ccccc1Cn1ncnc1C1CC12CCNCC2. The number of aryl methyl sites for hydroxylation is 1. The van der Waals surface area contributed by atoms with E-state index >= 15 is 0 Å². The maximum Gasteiger partial charge on any atom is 0.138 e. The van der Waals surface area contributed by atoms with Crippen LogP contribution >= 0.6 is 0 Å². The van der Waals surface area contributed by atoms with Crippen molar-refractivity contribution in [1.29, 1.82) is 0 Å². The van der Waals surface area contributed by atoms with Gasteiger partial charge in [0.05, 0.1) is 6.54 Å². The van der Waals surface area contributed by atoms with Gasteiger partial charge in [0.15, 0.2) is 0 Å². The highest BCUT2D eigenvalue weighted by molar-refractivity contribution is 5.27. The molecular weight excluding hydrogens is 260 g/mol. The summed E-state index contributed by atoms with van der Waals surface area (Å²) in [6.07, 6.45) is 5.59. The van der Waals surface area contributed by atoms with Gasteiger partial charge in [0.1, 0.15) is 12.2 Å². The van der Waals surface area contributed by atoms with Gasteiger partial charge in [-0.15, -0.1) is 0 Å². The van der Waals surface area contributed by atoms with Crippen LogP contribution in [0.1, 0.15) is 42.1 Å². The Hall–Kier alpha value is -1.68. The molecule has 1 saturated heterocycles. The molecule has 1 atom stereocenters. The third kappa shape index (κ3) is 2.27. The first kappa shape index (κ1) is 13.0. The summed E-state index contributed by atoms with van der Waals surface area (Å²) in [5.74, 6) is 1.81. The number of hydrogen-bond acceptors (Lipinski definition) is 3. The molecule has 1 unspecified atom stereocenters. The molecule has 1 aliphatic heterocycles. The molecule has 1 aromatic carbocycles. The highest BCUT2D eigenvalue weighted by Crippen LogP contribution is 2.63. The van der Waals surface area contributed by atoms with Gasteiger partial charge in [0.25, 0.3) is 0 Å². The minimum Gasteiger partial charge on any atom is -0.317 e. The first-order chi connectivity index (χ1) is 10.3. The van der Waals surface area contributed by atoms with E-state index in [0.717, 1.165) is 19.6 Å². The van der Waals surface area contributed by atoms with E-state index in [1.54, 1.807) is 6.33 Å². The Labute approximate surface area is 125 Å². The van der Waals surface area contributed by atoms with Crippen LogP contribution in [-0.4, -0.2) is 27.9 Å². The summed E-state index contributed by atoms with van der Waals surface area (Å²) in [6.45, 7) is 5.31. The first-order valence-electron chi connectivity index (χ1n) is 7.91. The van der Waals surface area contributed by atoms with Crippen LogP contribution < -0.4 is 5.32 Å². The maximum absolute atomic E-state index is 4.59. The minimum atomic E-state index is 0.516. The van der Waals surface area contributed by atoms with Crippen LogP contribution in [0.25, 0.3) is 0 Å². The highest BCUT2D eigenvalue weighted by Gasteiger charge is 2.56. The fourth-order valence-corrected chi connectivity index (χ4v) is 3.80. The Morgan fingerprint density at radius 2 is 2.10 bits per heavy atom. The summed E-state index contributed by atoms with van der Waals surface area (Å²) >= 11 is 0. The molecule has 1 aliphatic carbocycles. The zero-order chi connectivity index (χ0) is 14.3. The van der Waals surface area contributed by atoms with Crippen LogP contribution in [0.2, 0.25) is 0 Å². The Balaban J connectivity index is 1.56. The molecule has 4 nitrogen and oxygen atoms in total. The quantitative estimate of drug-likeness (QED) is 0.940. The number of rotatable bonds is 3. The molecule has 2 heterocycles. The maximum atomic E-state index is 4.59. The van der Waals surface area contributed by atoms with Gasteiger partial charge in [-0.05, 0) is 55.8 Å². The van der Waals surface area contributed by atoms with Gasteiger partial charge in [0.2, 0.25) is 0 Å². The molecule has 2 aliphatic rings. The number of aromatic nitrogens is 3. The standard InChI is InChI=1S/C17H22N4/c1-13-4-2-3-5-14(13)11-21-16(19-12-20-21)15-10-17(15)6-8-18-9-7-17/h2-5,12,15,18H,6-11H2,1H3. The lowest BCUT2D eigenvalue weighted by molar-refractivity contribution is 0.337. The lowest BCUT2D eigenvalue weighted by atomic mass is 9.92. The van der Waals surface area contributed by atoms with Gasteiger partial charge in [0, 0.05) is 5.92 Å². The monoisotopic (exact) mass is 282 g/mol. The Bertz CT molecular complexity index is 640. The van der Waals surface area contributed by atoms with Gasteiger partial charge in [-0.25, -0.2) is 9.67 Å². The van der Waals surface area contributed by atoms with Crippen LogP contribution in [0.3, 0.4) is 0 Å². The van der Waals surface area contributed by atoms with Crippen molar-refractivity contribution in [2.75, 3.05) is 13.1 Å². The molecule has 0 bridgehead atoms. The summed E-state index contributed by atoms with van der Waals surface area (Å²) in [5.41, 5.74) is 3.18.